The fourth-order valence-electron chi connectivity index (χ4n) is 3.48. The molecule has 1 fully saturated rings. The summed E-state index contributed by atoms with van der Waals surface area (Å²) in [7, 11) is 0. The van der Waals surface area contributed by atoms with Gasteiger partial charge in [-0.1, -0.05) is 51.9 Å². The van der Waals surface area contributed by atoms with Crippen molar-refractivity contribution >= 4 is 11.5 Å². The first-order valence-electron chi connectivity index (χ1n) is 8.49. The number of rotatable bonds is 5. The van der Waals surface area contributed by atoms with Crippen LogP contribution in [0.25, 0.3) is 0 Å². The molecule has 1 heterocycles. The van der Waals surface area contributed by atoms with Crippen LogP contribution in [0.2, 0.25) is 0 Å². The third-order valence-electron chi connectivity index (χ3n) is 4.57. The lowest BCUT2D eigenvalue weighted by molar-refractivity contribution is 0.224. The molecule has 1 saturated carbocycles. The van der Waals surface area contributed by atoms with E-state index in [1.807, 2.05) is 0 Å². The molecule has 1 aliphatic rings. The van der Waals surface area contributed by atoms with Crippen LogP contribution in [0, 0.1) is 11.8 Å². The Morgan fingerprint density at radius 2 is 2.10 bits per heavy atom. The standard InChI is InChI=1S/C17H31N3S/c1-6-10-18-14(13-9-7-8-12(2)11-13)15-16(17(3,4)5)19-20-21-15/h12-14,18H,6-11H2,1-5H3. The fraction of sp³-hybridized carbons (Fsp3) is 0.882. The molecule has 1 N–H and O–H groups in total. The van der Waals surface area contributed by atoms with Crippen LogP contribution in [-0.2, 0) is 5.41 Å². The quantitative estimate of drug-likeness (QED) is 0.856. The van der Waals surface area contributed by atoms with Gasteiger partial charge in [0.2, 0.25) is 0 Å². The molecule has 3 unspecified atom stereocenters. The van der Waals surface area contributed by atoms with Crippen LogP contribution in [-0.4, -0.2) is 16.1 Å². The number of nitrogens with one attached hydrogen (secondary N) is 1. The van der Waals surface area contributed by atoms with Gasteiger partial charge in [-0.25, -0.2) is 0 Å². The molecule has 0 saturated heterocycles. The normalized spacial score (nSPS) is 25.0. The molecule has 2 rings (SSSR count). The van der Waals surface area contributed by atoms with E-state index in [2.05, 4.69) is 49.5 Å². The molecular formula is C17H31N3S. The monoisotopic (exact) mass is 309 g/mol. The molecule has 0 spiro atoms. The molecule has 3 nitrogen and oxygen atoms in total. The summed E-state index contributed by atoms with van der Waals surface area (Å²) < 4.78 is 4.28. The maximum Gasteiger partial charge on any atom is 0.0857 e. The van der Waals surface area contributed by atoms with Crippen LogP contribution in [0.5, 0.6) is 0 Å². The lowest BCUT2D eigenvalue weighted by atomic mass is 9.77. The second kappa shape index (κ2) is 7.19. The maximum absolute atomic E-state index is 4.46. The predicted molar refractivity (Wildman–Crippen MR) is 90.8 cm³/mol. The van der Waals surface area contributed by atoms with Crippen molar-refractivity contribution < 1.29 is 0 Å². The van der Waals surface area contributed by atoms with Crippen molar-refractivity contribution in [2.24, 2.45) is 11.8 Å². The van der Waals surface area contributed by atoms with Crippen LogP contribution >= 0.6 is 11.5 Å². The summed E-state index contributed by atoms with van der Waals surface area (Å²) in [6.45, 7) is 12.5. The van der Waals surface area contributed by atoms with E-state index < -0.39 is 0 Å². The number of aromatic nitrogens is 2. The highest BCUT2D eigenvalue weighted by atomic mass is 32.1. The summed E-state index contributed by atoms with van der Waals surface area (Å²) in [6, 6.07) is 0.446. The van der Waals surface area contributed by atoms with Gasteiger partial charge in [0.15, 0.2) is 0 Å². The Kier molecular flexibility index (Phi) is 5.78. The minimum absolute atomic E-state index is 0.0781. The van der Waals surface area contributed by atoms with E-state index in [-0.39, 0.29) is 5.41 Å². The number of hydrogen-bond donors (Lipinski definition) is 1. The lowest BCUT2D eigenvalue weighted by Gasteiger charge is -2.34. The van der Waals surface area contributed by atoms with Gasteiger partial charge < -0.3 is 5.32 Å². The van der Waals surface area contributed by atoms with Crippen molar-refractivity contribution in [1.29, 1.82) is 0 Å². The lowest BCUT2D eigenvalue weighted by Crippen LogP contribution is -2.33. The maximum atomic E-state index is 4.46. The first-order chi connectivity index (χ1) is 9.93. The van der Waals surface area contributed by atoms with Crippen LogP contribution < -0.4 is 5.32 Å². The van der Waals surface area contributed by atoms with Gasteiger partial charge in [0.05, 0.1) is 10.6 Å². The molecule has 120 valence electrons. The van der Waals surface area contributed by atoms with Gasteiger partial charge in [-0.15, -0.1) is 5.10 Å². The van der Waals surface area contributed by atoms with E-state index in [9.17, 15) is 0 Å². The molecule has 1 aromatic rings. The van der Waals surface area contributed by atoms with Crippen LogP contribution in [0.1, 0.15) is 83.3 Å². The van der Waals surface area contributed by atoms with Crippen molar-refractivity contribution in [3.63, 3.8) is 0 Å². The summed E-state index contributed by atoms with van der Waals surface area (Å²) in [5.41, 5.74) is 1.27. The highest BCUT2D eigenvalue weighted by Gasteiger charge is 2.33. The van der Waals surface area contributed by atoms with E-state index in [0.717, 1.165) is 18.4 Å². The van der Waals surface area contributed by atoms with E-state index >= 15 is 0 Å². The first kappa shape index (κ1) is 16.9. The number of hydrogen-bond acceptors (Lipinski definition) is 4. The van der Waals surface area contributed by atoms with Gasteiger partial charge in [-0.3, -0.25) is 0 Å². The predicted octanol–water partition coefficient (Wildman–Crippen LogP) is 4.70. The average molecular weight is 310 g/mol. The number of nitrogens with zero attached hydrogens (tertiary/aromatic N) is 2. The fourth-order valence-corrected chi connectivity index (χ4v) is 4.51. The molecule has 0 radical (unpaired) electrons. The summed E-state index contributed by atoms with van der Waals surface area (Å²) in [6.07, 6.45) is 6.61. The smallest absolute Gasteiger partial charge is 0.0857 e. The molecule has 0 bridgehead atoms. The van der Waals surface area contributed by atoms with Gasteiger partial charge in [0, 0.05) is 11.5 Å². The van der Waals surface area contributed by atoms with Crippen molar-refractivity contribution in [3.05, 3.63) is 10.6 Å². The molecule has 0 aliphatic heterocycles. The SMILES string of the molecule is CCCNC(c1snnc1C(C)(C)C)C1CCCC(C)C1. The Bertz CT molecular complexity index is 435. The van der Waals surface area contributed by atoms with Gasteiger partial charge in [-0.05, 0) is 49.2 Å². The molecular weight excluding hydrogens is 278 g/mol. The van der Waals surface area contributed by atoms with Gasteiger partial charge in [0.25, 0.3) is 0 Å². The largest absolute Gasteiger partial charge is 0.309 e. The second-order valence-electron chi connectivity index (χ2n) is 7.70. The van der Waals surface area contributed by atoms with Crippen molar-refractivity contribution in [3.8, 4) is 0 Å². The summed E-state index contributed by atoms with van der Waals surface area (Å²) in [4.78, 5) is 1.38. The van der Waals surface area contributed by atoms with E-state index in [1.165, 1.54) is 42.7 Å². The summed E-state index contributed by atoms with van der Waals surface area (Å²) in [5.74, 6) is 1.59. The van der Waals surface area contributed by atoms with Gasteiger partial charge >= 0.3 is 0 Å². The molecule has 0 amide bonds. The van der Waals surface area contributed by atoms with E-state index in [4.69, 9.17) is 0 Å². The zero-order chi connectivity index (χ0) is 15.5. The highest BCUT2D eigenvalue weighted by Crippen LogP contribution is 2.41. The minimum atomic E-state index is 0.0781. The Morgan fingerprint density at radius 3 is 2.71 bits per heavy atom. The molecule has 21 heavy (non-hydrogen) atoms. The van der Waals surface area contributed by atoms with Crippen LogP contribution in [0.4, 0.5) is 0 Å². The highest BCUT2D eigenvalue weighted by molar-refractivity contribution is 7.05. The van der Waals surface area contributed by atoms with Crippen LogP contribution in [0.15, 0.2) is 0 Å². The third kappa shape index (κ3) is 4.26. The Morgan fingerprint density at radius 1 is 1.33 bits per heavy atom. The topological polar surface area (TPSA) is 37.8 Å². The van der Waals surface area contributed by atoms with Crippen molar-refractivity contribution in [2.45, 2.75) is 78.2 Å². The van der Waals surface area contributed by atoms with Gasteiger partial charge in [0.1, 0.15) is 0 Å². The Labute approximate surface area is 134 Å². The second-order valence-corrected chi connectivity index (χ2v) is 8.49. The van der Waals surface area contributed by atoms with Gasteiger partial charge in [-0.2, -0.15) is 0 Å². The summed E-state index contributed by atoms with van der Waals surface area (Å²) >= 11 is 1.61. The third-order valence-corrected chi connectivity index (χ3v) is 5.38. The molecule has 1 aliphatic carbocycles. The zero-order valence-electron chi connectivity index (χ0n) is 14.3. The van der Waals surface area contributed by atoms with Crippen molar-refractivity contribution in [1.82, 2.24) is 14.9 Å². The average Bonchev–Trinajstić information content (AvgIpc) is 2.88. The van der Waals surface area contributed by atoms with E-state index in [1.54, 1.807) is 11.5 Å². The van der Waals surface area contributed by atoms with Crippen molar-refractivity contribution in [2.75, 3.05) is 6.54 Å². The molecule has 4 heteroatoms. The first-order valence-corrected chi connectivity index (χ1v) is 9.27. The molecule has 0 aromatic carbocycles. The van der Waals surface area contributed by atoms with Crippen LogP contribution in [0.3, 0.4) is 0 Å². The van der Waals surface area contributed by atoms with E-state index in [0.29, 0.717) is 6.04 Å². The summed E-state index contributed by atoms with van der Waals surface area (Å²) in [5, 5.41) is 8.26. The minimum Gasteiger partial charge on any atom is -0.309 e. The Hall–Kier alpha value is -0.480. The Balaban J connectivity index is 2.25. The zero-order valence-corrected chi connectivity index (χ0v) is 15.1. The molecule has 1 aromatic heterocycles. The molecule has 3 atom stereocenters.